The third kappa shape index (κ3) is 3.55. The van der Waals surface area contributed by atoms with Gasteiger partial charge >= 0.3 is 0 Å². The summed E-state index contributed by atoms with van der Waals surface area (Å²) in [6.45, 7) is 3.04. The molecule has 0 bridgehead atoms. The Labute approximate surface area is 143 Å². The monoisotopic (exact) mass is 349 g/mol. The van der Waals surface area contributed by atoms with E-state index in [0.29, 0.717) is 0 Å². The van der Waals surface area contributed by atoms with Crippen molar-refractivity contribution in [3.8, 4) is 0 Å². The van der Waals surface area contributed by atoms with Crippen LogP contribution < -0.4 is 9.44 Å². The summed E-state index contributed by atoms with van der Waals surface area (Å²) in [5.41, 5.74) is 2.06. The molecule has 3 aromatic rings. The Hall–Kier alpha value is -1.27. The number of nitrogens with one attached hydrogen (secondary N) is 3. The molecule has 1 aromatic heterocycles. The minimum atomic E-state index is 0.744. The van der Waals surface area contributed by atoms with E-state index in [1.165, 1.54) is 4.90 Å². The minimum Gasteiger partial charge on any atom is -0.358 e. The van der Waals surface area contributed by atoms with Gasteiger partial charge in [-0.2, -0.15) is 0 Å². The number of halogens is 1. The van der Waals surface area contributed by atoms with Crippen LogP contribution in [-0.4, -0.2) is 11.5 Å². The second-order valence-electron chi connectivity index (χ2n) is 4.64. The SMILES string of the molecule is CCNSc1ccc(SNc2cccc3c(Cl)c[nH]c23)cc1. The van der Waals surface area contributed by atoms with Crippen molar-refractivity contribution in [1.29, 1.82) is 0 Å². The molecule has 114 valence electrons. The molecule has 0 radical (unpaired) electrons. The third-order valence-corrected chi connectivity index (χ3v) is 5.19. The van der Waals surface area contributed by atoms with Crippen LogP contribution in [0, 0.1) is 0 Å². The molecule has 0 saturated heterocycles. The maximum atomic E-state index is 6.15. The van der Waals surface area contributed by atoms with Crippen LogP contribution in [0.5, 0.6) is 0 Å². The van der Waals surface area contributed by atoms with Gasteiger partial charge in [-0.1, -0.05) is 30.7 Å². The molecule has 0 amide bonds. The van der Waals surface area contributed by atoms with Gasteiger partial charge in [0.25, 0.3) is 0 Å². The van der Waals surface area contributed by atoms with E-state index in [9.17, 15) is 0 Å². The Bertz CT molecular complexity index is 756. The van der Waals surface area contributed by atoms with E-state index < -0.39 is 0 Å². The number of aromatic amines is 1. The standard InChI is InChI=1S/C16H16ClN3S2/c1-2-19-21-11-6-8-12(9-7-11)22-20-15-5-3-4-13-14(17)10-18-16(13)15/h3-10,18-20H,2H2,1H3. The molecule has 0 atom stereocenters. The Morgan fingerprint density at radius 3 is 2.50 bits per heavy atom. The van der Waals surface area contributed by atoms with Gasteiger partial charge in [0.15, 0.2) is 0 Å². The van der Waals surface area contributed by atoms with Gasteiger partial charge < -0.3 is 9.71 Å². The van der Waals surface area contributed by atoms with Crippen molar-refractivity contribution < 1.29 is 0 Å². The first-order valence-electron chi connectivity index (χ1n) is 6.96. The highest BCUT2D eigenvalue weighted by Gasteiger charge is 2.06. The summed E-state index contributed by atoms with van der Waals surface area (Å²) < 4.78 is 6.63. The number of benzene rings is 2. The van der Waals surface area contributed by atoms with E-state index >= 15 is 0 Å². The van der Waals surface area contributed by atoms with E-state index in [4.69, 9.17) is 11.6 Å². The van der Waals surface area contributed by atoms with E-state index in [0.717, 1.165) is 33.1 Å². The minimum absolute atomic E-state index is 0.744. The smallest absolute Gasteiger partial charge is 0.0713 e. The summed E-state index contributed by atoms with van der Waals surface area (Å²) in [4.78, 5) is 5.58. The first kappa shape index (κ1) is 15.6. The number of fused-ring (bicyclic) bond motifs is 1. The predicted octanol–water partition coefficient (Wildman–Crippen LogP) is 5.56. The lowest BCUT2D eigenvalue weighted by molar-refractivity contribution is 1.03. The summed E-state index contributed by atoms with van der Waals surface area (Å²) in [5.74, 6) is 0. The molecule has 6 heteroatoms. The van der Waals surface area contributed by atoms with Crippen LogP contribution in [0.1, 0.15) is 6.92 Å². The molecular formula is C16H16ClN3S2. The molecule has 3 N–H and O–H groups in total. The summed E-state index contributed by atoms with van der Waals surface area (Å²) in [5, 5.41) is 1.78. The lowest BCUT2D eigenvalue weighted by Crippen LogP contribution is -1.99. The van der Waals surface area contributed by atoms with Gasteiger partial charge in [0.2, 0.25) is 0 Å². The largest absolute Gasteiger partial charge is 0.358 e. The van der Waals surface area contributed by atoms with E-state index in [2.05, 4.69) is 45.6 Å². The fraction of sp³-hybridized carbons (Fsp3) is 0.125. The maximum Gasteiger partial charge on any atom is 0.0713 e. The van der Waals surface area contributed by atoms with Crippen LogP contribution in [0.2, 0.25) is 5.02 Å². The zero-order chi connectivity index (χ0) is 15.4. The molecular weight excluding hydrogens is 334 g/mol. The van der Waals surface area contributed by atoms with Crippen molar-refractivity contribution in [1.82, 2.24) is 9.71 Å². The summed E-state index contributed by atoms with van der Waals surface area (Å²) >= 11 is 9.38. The van der Waals surface area contributed by atoms with Gasteiger partial charge in [-0.25, -0.2) is 0 Å². The fourth-order valence-corrected chi connectivity index (χ4v) is 3.52. The van der Waals surface area contributed by atoms with Crippen LogP contribution in [0.3, 0.4) is 0 Å². The summed E-state index contributed by atoms with van der Waals surface area (Å²) in [6.07, 6.45) is 1.81. The molecule has 0 aliphatic rings. The van der Waals surface area contributed by atoms with Crippen molar-refractivity contribution in [3.05, 3.63) is 53.7 Å². The van der Waals surface area contributed by atoms with Crippen LogP contribution in [0.25, 0.3) is 10.9 Å². The maximum absolute atomic E-state index is 6.15. The fourth-order valence-electron chi connectivity index (χ4n) is 2.05. The van der Waals surface area contributed by atoms with E-state index in [1.807, 2.05) is 24.4 Å². The van der Waals surface area contributed by atoms with Gasteiger partial charge in [-0.05, 0) is 54.2 Å². The molecule has 0 saturated carbocycles. The number of hydrogen-bond acceptors (Lipinski definition) is 4. The van der Waals surface area contributed by atoms with Crippen LogP contribution in [-0.2, 0) is 0 Å². The number of H-pyrrole nitrogens is 1. The average Bonchev–Trinajstić information content (AvgIpc) is 2.94. The molecule has 0 spiro atoms. The average molecular weight is 350 g/mol. The molecule has 0 fully saturated rings. The molecule has 3 nitrogen and oxygen atoms in total. The van der Waals surface area contributed by atoms with Crippen molar-refractivity contribution in [2.75, 3.05) is 11.3 Å². The Balaban J connectivity index is 1.68. The lowest BCUT2D eigenvalue weighted by atomic mass is 10.2. The van der Waals surface area contributed by atoms with Gasteiger partial charge in [0.05, 0.1) is 16.2 Å². The number of aromatic nitrogens is 1. The Kier molecular flexibility index (Phi) is 5.20. The first-order valence-corrected chi connectivity index (χ1v) is 8.97. The highest BCUT2D eigenvalue weighted by molar-refractivity contribution is 8.00. The molecule has 1 heterocycles. The lowest BCUT2D eigenvalue weighted by Gasteiger charge is -2.07. The van der Waals surface area contributed by atoms with E-state index in [1.54, 1.807) is 23.9 Å². The number of para-hydroxylation sites is 1. The van der Waals surface area contributed by atoms with Crippen LogP contribution in [0.15, 0.2) is 58.5 Å². The summed E-state index contributed by atoms with van der Waals surface area (Å²) in [7, 11) is 0. The molecule has 2 aromatic carbocycles. The highest BCUT2D eigenvalue weighted by atomic mass is 35.5. The quantitative estimate of drug-likeness (QED) is 0.510. The second-order valence-corrected chi connectivity index (χ2v) is 6.89. The second kappa shape index (κ2) is 7.33. The van der Waals surface area contributed by atoms with Crippen molar-refractivity contribution in [2.45, 2.75) is 16.7 Å². The van der Waals surface area contributed by atoms with E-state index in [-0.39, 0.29) is 0 Å². The molecule has 0 unspecified atom stereocenters. The zero-order valence-corrected chi connectivity index (χ0v) is 14.4. The topological polar surface area (TPSA) is 39.8 Å². The van der Waals surface area contributed by atoms with Crippen molar-refractivity contribution in [3.63, 3.8) is 0 Å². The molecule has 0 aliphatic heterocycles. The zero-order valence-electron chi connectivity index (χ0n) is 12.0. The van der Waals surface area contributed by atoms with Crippen molar-refractivity contribution >= 4 is 52.1 Å². The van der Waals surface area contributed by atoms with Gasteiger partial charge in [0, 0.05) is 27.9 Å². The number of hydrogen-bond donors (Lipinski definition) is 3. The molecule has 0 aliphatic carbocycles. The number of anilines is 1. The number of rotatable bonds is 6. The van der Waals surface area contributed by atoms with Crippen LogP contribution in [0.4, 0.5) is 5.69 Å². The molecule has 3 rings (SSSR count). The predicted molar refractivity (Wildman–Crippen MR) is 98.8 cm³/mol. The van der Waals surface area contributed by atoms with Crippen LogP contribution >= 0.6 is 35.5 Å². The third-order valence-electron chi connectivity index (χ3n) is 3.10. The normalized spacial score (nSPS) is 11.0. The van der Waals surface area contributed by atoms with Crippen molar-refractivity contribution in [2.24, 2.45) is 0 Å². The highest BCUT2D eigenvalue weighted by Crippen LogP contribution is 2.31. The Morgan fingerprint density at radius 2 is 1.77 bits per heavy atom. The molecule has 22 heavy (non-hydrogen) atoms. The summed E-state index contributed by atoms with van der Waals surface area (Å²) in [6, 6.07) is 14.5. The first-order chi connectivity index (χ1) is 10.8. The van der Waals surface area contributed by atoms with Gasteiger partial charge in [-0.15, -0.1) is 0 Å². The Morgan fingerprint density at radius 1 is 1.05 bits per heavy atom. The van der Waals surface area contributed by atoms with Gasteiger partial charge in [-0.3, -0.25) is 4.72 Å². The van der Waals surface area contributed by atoms with Gasteiger partial charge in [0.1, 0.15) is 0 Å².